The summed E-state index contributed by atoms with van der Waals surface area (Å²) in [5, 5.41) is 3.04. The first-order valence-electron chi connectivity index (χ1n) is 6.79. The molecule has 114 valence electrons. The summed E-state index contributed by atoms with van der Waals surface area (Å²) in [7, 11) is -1.67. The first-order chi connectivity index (χ1) is 10.1. The smallest absolute Gasteiger partial charge is 0.242 e. The summed E-state index contributed by atoms with van der Waals surface area (Å²) in [6.07, 6.45) is 4.95. The van der Waals surface area contributed by atoms with E-state index < -0.39 is 10.0 Å². The largest absolute Gasteiger partial charge is 0.349 e. The van der Waals surface area contributed by atoms with Crippen molar-refractivity contribution in [1.82, 2.24) is 19.6 Å². The standard InChI is InChI=1S/C14H20N4O2S/c1-3-18-11-14(8-13(18)10-15-2)21(19,20)17-9-12-4-6-16-7-5-12/h4-8,11,15,17H,3,9-10H2,1-2H3. The molecule has 0 saturated carbocycles. The third-order valence-electron chi connectivity index (χ3n) is 3.19. The number of hydrogen-bond donors (Lipinski definition) is 2. The summed E-state index contributed by atoms with van der Waals surface area (Å²) in [5.74, 6) is 0. The molecule has 6 nitrogen and oxygen atoms in total. The average molecular weight is 308 g/mol. The normalized spacial score (nSPS) is 11.7. The van der Waals surface area contributed by atoms with E-state index in [1.54, 1.807) is 36.8 Å². The Labute approximate surface area is 125 Å². The molecule has 2 aromatic rings. The maximum absolute atomic E-state index is 12.3. The quantitative estimate of drug-likeness (QED) is 0.803. The highest BCUT2D eigenvalue weighted by Gasteiger charge is 2.17. The predicted molar refractivity (Wildman–Crippen MR) is 81.1 cm³/mol. The van der Waals surface area contributed by atoms with Gasteiger partial charge in [0.1, 0.15) is 0 Å². The molecule has 0 bridgehead atoms. The van der Waals surface area contributed by atoms with Crippen LogP contribution in [-0.4, -0.2) is 25.0 Å². The molecule has 7 heteroatoms. The van der Waals surface area contributed by atoms with Crippen LogP contribution in [0.1, 0.15) is 18.2 Å². The number of sulfonamides is 1. The third kappa shape index (κ3) is 3.90. The molecule has 2 rings (SSSR count). The van der Waals surface area contributed by atoms with Crippen LogP contribution in [0, 0.1) is 0 Å². The molecule has 0 aliphatic carbocycles. The fourth-order valence-corrected chi connectivity index (χ4v) is 3.14. The van der Waals surface area contributed by atoms with Crippen molar-refractivity contribution in [3.8, 4) is 0 Å². The highest BCUT2D eigenvalue weighted by atomic mass is 32.2. The fourth-order valence-electron chi connectivity index (χ4n) is 2.06. The van der Waals surface area contributed by atoms with Crippen LogP contribution in [0.4, 0.5) is 0 Å². The highest BCUT2D eigenvalue weighted by Crippen LogP contribution is 2.15. The Morgan fingerprint density at radius 2 is 1.95 bits per heavy atom. The van der Waals surface area contributed by atoms with Crippen molar-refractivity contribution >= 4 is 10.0 Å². The van der Waals surface area contributed by atoms with Gasteiger partial charge in [-0.2, -0.15) is 0 Å². The van der Waals surface area contributed by atoms with Gasteiger partial charge in [-0.25, -0.2) is 13.1 Å². The van der Waals surface area contributed by atoms with E-state index in [4.69, 9.17) is 0 Å². The molecule has 0 amide bonds. The maximum Gasteiger partial charge on any atom is 0.242 e. The number of hydrogen-bond acceptors (Lipinski definition) is 4. The van der Waals surface area contributed by atoms with Crippen LogP contribution in [0.5, 0.6) is 0 Å². The van der Waals surface area contributed by atoms with Gasteiger partial charge < -0.3 is 9.88 Å². The second kappa shape index (κ2) is 6.84. The summed E-state index contributed by atoms with van der Waals surface area (Å²) in [5.41, 5.74) is 1.82. The van der Waals surface area contributed by atoms with Crippen molar-refractivity contribution in [2.45, 2.75) is 31.5 Å². The Morgan fingerprint density at radius 3 is 2.57 bits per heavy atom. The summed E-state index contributed by atoms with van der Waals surface area (Å²) >= 11 is 0. The molecule has 0 saturated heterocycles. The molecule has 0 radical (unpaired) electrons. The Kier molecular flexibility index (Phi) is 5.11. The number of nitrogens with zero attached hydrogens (tertiary/aromatic N) is 2. The van der Waals surface area contributed by atoms with Gasteiger partial charge in [-0.05, 0) is 37.7 Å². The van der Waals surface area contributed by atoms with E-state index in [-0.39, 0.29) is 6.54 Å². The zero-order valence-electron chi connectivity index (χ0n) is 12.2. The molecule has 2 heterocycles. The lowest BCUT2D eigenvalue weighted by molar-refractivity contribution is 0.581. The molecule has 0 spiro atoms. The van der Waals surface area contributed by atoms with Crippen LogP contribution >= 0.6 is 0 Å². The van der Waals surface area contributed by atoms with Crippen LogP contribution in [0.3, 0.4) is 0 Å². The van der Waals surface area contributed by atoms with Crippen molar-refractivity contribution in [3.05, 3.63) is 48.0 Å². The number of aryl methyl sites for hydroxylation is 1. The van der Waals surface area contributed by atoms with E-state index in [1.807, 2.05) is 18.5 Å². The molecular weight excluding hydrogens is 288 g/mol. The number of rotatable bonds is 7. The number of pyridine rings is 1. The summed E-state index contributed by atoms with van der Waals surface area (Å²) < 4.78 is 29.2. The summed E-state index contributed by atoms with van der Waals surface area (Å²) in [4.78, 5) is 4.20. The second-order valence-corrected chi connectivity index (χ2v) is 6.43. The van der Waals surface area contributed by atoms with Gasteiger partial charge in [-0.15, -0.1) is 0 Å². The topological polar surface area (TPSA) is 76.0 Å². The number of nitrogens with one attached hydrogen (secondary N) is 2. The van der Waals surface area contributed by atoms with Crippen LogP contribution < -0.4 is 10.0 Å². The van der Waals surface area contributed by atoms with Crippen LogP contribution in [0.15, 0.2) is 41.7 Å². The fraction of sp³-hybridized carbons (Fsp3) is 0.357. The lowest BCUT2D eigenvalue weighted by atomic mass is 10.3. The predicted octanol–water partition coefficient (Wildman–Crippen LogP) is 1.10. The Balaban J connectivity index is 2.15. The molecule has 2 N–H and O–H groups in total. The Hall–Kier alpha value is -1.70. The zero-order valence-corrected chi connectivity index (χ0v) is 13.0. The molecule has 0 aliphatic heterocycles. The van der Waals surface area contributed by atoms with Crippen molar-refractivity contribution < 1.29 is 8.42 Å². The first-order valence-corrected chi connectivity index (χ1v) is 8.27. The molecule has 0 aliphatic rings. The molecule has 0 atom stereocenters. The minimum absolute atomic E-state index is 0.253. The van der Waals surface area contributed by atoms with E-state index in [1.165, 1.54) is 0 Å². The summed E-state index contributed by atoms with van der Waals surface area (Å²) in [6, 6.07) is 5.27. The van der Waals surface area contributed by atoms with Gasteiger partial charge in [0.25, 0.3) is 0 Å². The SMILES string of the molecule is CCn1cc(S(=O)(=O)NCc2ccncc2)cc1CNC. The summed E-state index contributed by atoms with van der Waals surface area (Å²) in [6.45, 7) is 3.61. The molecule has 0 fully saturated rings. The average Bonchev–Trinajstić information content (AvgIpc) is 2.91. The van der Waals surface area contributed by atoms with E-state index in [2.05, 4.69) is 15.0 Å². The Morgan fingerprint density at radius 1 is 1.24 bits per heavy atom. The van der Waals surface area contributed by atoms with Crippen molar-refractivity contribution in [2.24, 2.45) is 0 Å². The van der Waals surface area contributed by atoms with Crippen LogP contribution in [0.2, 0.25) is 0 Å². The van der Waals surface area contributed by atoms with E-state index in [0.717, 1.165) is 17.8 Å². The monoisotopic (exact) mass is 308 g/mol. The minimum atomic E-state index is -3.51. The van der Waals surface area contributed by atoms with Crippen molar-refractivity contribution in [1.29, 1.82) is 0 Å². The molecular formula is C14H20N4O2S. The lowest BCUT2D eigenvalue weighted by Crippen LogP contribution is -2.22. The second-order valence-electron chi connectivity index (χ2n) is 4.66. The molecule has 2 aromatic heterocycles. The molecule has 0 unspecified atom stereocenters. The van der Waals surface area contributed by atoms with Crippen molar-refractivity contribution in [3.63, 3.8) is 0 Å². The van der Waals surface area contributed by atoms with Gasteiger partial charge >= 0.3 is 0 Å². The van der Waals surface area contributed by atoms with Gasteiger partial charge in [0.2, 0.25) is 10.0 Å². The maximum atomic E-state index is 12.3. The van der Waals surface area contributed by atoms with Gasteiger partial charge in [0.15, 0.2) is 0 Å². The van der Waals surface area contributed by atoms with E-state index in [0.29, 0.717) is 11.4 Å². The Bertz CT molecular complexity index is 680. The highest BCUT2D eigenvalue weighted by molar-refractivity contribution is 7.89. The number of aromatic nitrogens is 2. The molecule has 21 heavy (non-hydrogen) atoms. The van der Waals surface area contributed by atoms with Gasteiger partial charge in [-0.3, -0.25) is 4.98 Å². The molecule has 0 aromatic carbocycles. The lowest BCUT2D eigenvalue weighted by Gasteiger charge is -2.04. The van der Waals surface area contributed by atoms with Gasteiger partial charge in [0, 0.05) is 43.9 Å². The minimum Gasteiger partial charge on any atom is -0.349 e. The first kappa shape index (κ1) is 15.7. The van der Waals surface area contributed by atoms with E-state index >= 15 is 0 Å². The van der Waals surface area contributed by atoms with Crippen LogP contribution in [0.25, 0.3) is 0 Å². The van der Waals surface area contributed by atoms with Crippen molar-refractivity contribution in [2.75, 3.05) is 7.05 Å². The van der Waals surface area contributed by atoms with Gasteiger partial charge in [0.05, 0.1) is 4.90 Å². The van der Waals surface area contributed by atoms with Crippen LogP contribution in [-0.2, 0) is 29.7 Å². The van der Waals surface area contributed by atoms with E-state index in [9.17, 15) is 8.42 Å². The zero-order chi connectivity index (χ0) is 15.3. The van der Waals surface area contributed by atoms with Gasteiger partial charge in [-0.1, -0.05) is 0 Å². The third-order valence-corrected chi connectivity index (χ3v) is 4.55.